The zero-order valence-electron chi connectivity index (χ0n) is 19.2. The monoisotopic (exact) mass is 453 g/mol. The van der Waals surface area contributed by atoms with Gasteiger partial charge in [0.15, 0.2) is 0 Å². The van der Waals surface area contributed by atoms with Crippen LogP contribution in [0.1, 0.15) is 42.1 Å². The third kappa shape index (κ3) is 5.31. The van der Waals surface area contributed by atoms with Gasteiger partial charge in [-0.05, 0) is 77.2 Å². The highest BCUT2D eigenvalue weighted by Gasteiger charge is 2.12. The van der Waals surface area contributed by atoms with Crippen molar-refractivity contribution in [1.29, 1.82) is 0 Å². The van der Waals surface area contributed by atoms with E-state index >= 15 is 0 Å². The van der Waals surface area contributed by atoms with Crippen molar-refractivity contribution < 1.29 is 9.15 Å². The number of aryl methyl sites for hydroxylation is 3. The van der Waals surface area contributed by atoms with Crippen LogP contribution < -0.4 is 4.74 Å². The van der Waals surface area contributed by atoms with Gasteiger partial charge in [-0.15, -0.1) is 5.10 Å². The molecule has 0 spiro atoms. The molecule has 0 unspecified atom stereocenters. The van der Waals surface area contributed by atoms with Gasteiger partial charge in [-0.3, -0.25) is 0 Å². The molecule has 0 aliphatic carbocycles. The summed E-state index contributed by atoms with van der Waals surface area (Å²) in [5, 5.41) is 16.3. The molecule has 5 rings (SSSR count). The van der Waals surface area contributed by atoms with Crippen LogP contribution in [0.25, 0.3) is 22.2 Å². The molecule has 0 atom stereocenters. The summed E-state index contributed by atoms with van der Waals surface area (Å²) in [6.07, 6.45) is 5.30. The number of hydrogen-bond donors (Lipinski definition) is 1. The van der Waals surface area contributed by atoms with E-state index in [0.717, 1.165) is 60.7 Å². The number of oxazole rings is 1. The molecule has 0 saturated heterocycles. The van der Waals surface area contributed by atoms with E-state index in [1.165, 1.54) is 16.3 Å². The fourth-order valence-corrected chi connectivity index (χ4v) is 3.99. The molecule has 2 heterocycles. The van der Waals surface area contributed by atoms with Crippen LogP contribution in [0.15, 0.2) is 71.1 Å². The number of hydrogen-bond acceptors (Lipinski definition) is 6. The fraction of sp³-hybridized carbons (Fsp3) is 0.259. The van der Waals surface area contributed by atoms with E-state index in [1.807, 2.05) is 37.3 Å². The molecule has 7 heteroatoms. The highest BCUT2D eigenvalue weighted by atomic mass is 16.5. The number of nitrogens with one attached hydrogen (secondary N) is 1. The molecule has 1 N–H and O–H groups in total. The van der Waals surface area contributed by atoms with Crippen molar-refractivity contribution in [1.82, 2.24) is 25.6 Å². The quantitative estimate of drug-likeness (QED) is 0.267. The van der Waals surface area contributed by atoms with E-state index in [0.29, 0.717) is 12.5 Å². The van der Waals surface area contributed by atoms with E-state index in [2.05, 4.69) is 62.0 Å². The second-order valence-corrected chi connectivity index (χ2v) is 8.43. The Balaban J connectivity index is 1.12. The second-order valence-electron chi connectivity index (χ2n) is 8.43. The van der Waals surface area contributed by atoms with E-state index < -0.39 is 0 Å². The minimum absolute atomic E-state index is 0.374. The van der Waals surface area contributed by atoms with Gasteiger partial charge in [0, 0.05) is 12.0 Å². The third-order valence-electron chi connectivity index (χ3n) is 5.96. The standard InChI is InChI=1S/C27H27N5O2/c1-19-25(28-27(34-19)23-14-13-21-8-5-6-9-22(21)17-23)18-33-24-15-11-20(12-16-24)7-3-2-4-10-26-29-31-32-30-26/h5-6,8-9,11-17H,2-4,7,10,18H2,1H3,(H,29,30,31,32). The third-order valence-corrected chi connectivity index (χ3v) is 5.96. The first kappa shape index (κ1) is 21.8. The first-order valence-corrected chi connectivity index (χ1v) is 11.6. The number of H-pyrrole nitrogens is 1. The van der Waals surface area contributed by atoms with Crippen LogP contribution in [0.4, 0.5) is 0 Å². The first-order valence-electron chi connectivity index (χ1n) is 11.6. The molecule has 0 aliphatic heterocycles. The zero-order valence-corrected chi connectivity index (χ0v) is 19.2. The molecule has 5 aromatic rings. The van der Waals surface area contributed by atoms with Crippen molar-refractivity contribution in [3.63, 3.8) is 0 Å². The average molecular weight is 454 g/mol. The van der Waals surface area contributed by atoms with Gasteiger partial charge in [0.05, 0.1) is 0 Å². The highest BCUT2D eigenvalue weighted by Crippen LogP contribution is 2.26. The molecule has 0 fully saturated rings. The van der Waals surface area contributed by atoms with Crippen molar-refractivity contribution in [3.8, 4) is 17.2 Å². The van der Waals surface area contributed by atoms with Gasteiger partial charge >= 0.3 is 0 Å². The fourth-order valence-electron chi connectivity index (χ4n) is 3.99. The summed E-state index contributed by atoms with van der Waals surface area (Å²) < 4.78 is 11.9. The van der Waals surface area contributed by atoms with Crippen molar-refractivity contribution in [3.05, 3.63) is 89.6 Å². The van der Waals surface area contributed by atoms with Crippen LogP contribution >= 0.6 is 0 Å². The minimum atomic E-state index is 0.374. The van der Waals surface area contributed by atoms with Crippen LogP contribution in [0.5, 0.6) is 5.75 Å². The number of benzene rings is 3. The summed E-state index contributed by atoms with van der Waals surface area (Å²) in [5.74, 6) is 3.09. The summed E-state index contributed by atoms with van der Waals surface area (Å²) in [7, 11) is 0. The van der Waals surface area contributed by atoms with Crippen LogP contribution in [-0.4, -0.2) is 25.6 Å². The number of rotatable bonds is 10. The SMILES string of the molecule is Cc1oc(-c2ccc3ccccc3c2)nc1COc1ccc(CCCCCc2nnn[nH]2)cc1. The number of ether oxygens (including phenoxy) is 1. The molecular formula is C27H27N5O2. The Labute approximate surface area is 198 Å². The molecule has 0 aliphatic rings. The molecule has 0 radical (unpaired) electrons. The number of aromatic amines is 1. The molecule has 172 valence electrons. The predicted molar refractivity (Wildman–Crippen MR) is 130 cm³/mol. The molecule has 0 amide bonds. The molecule has 0 bridgehead atoms. The van der Waals surface area contributed by atoms with Gasteiger partial charge in [0.25, 0.3) is 0 Å². The lowest BCUT2D eigenvalue weighted by atomic mass is 10.1. The number of aromatic nitrogens is 5. The van der Waals surface area contributed by atoms with Crippen molar-refractivity contribution in [2.75, 3.05) is 0 Å². The largest absolute Gasteiger partial charge is 0.487 e. The van der Waals surface area contributed by atoms with Gasteiger partial charge < -0.3 is 9.15 Å². The Morgan fingerprint density at radius 1 is 0.882 bits per heavy atom. The normalized spacial score (nSPS) is 11.2. The molecule has 7 nitrogen and oxygen atoms in total. The lowest BCUT2D eigenvalue weighted by Crippen LogP contribution is -1.98. The number of fused-ring (bicyclic) bond motifs is 1. The number of tetrazole rings is 1. The van der Waals surface area contributed by atoms with Crippen LogP contribution in [0.3, 0.4) is 0 Å². The van der Waals surface area contributed by atoms with Gasteiger partial charge in [0.2, 0.25) is 5.89 Å². The number of unbranched alkanes of at least 4 members (excludes halogenated alkanes) is 2. The summed E-state index contributed by atoms with van der Waals surface area (Å²) >= 11 is 0. The van der Waals surface area contributed by atoms with Gasteiger partial charge in [0.1, 0.15) is 29.6 Å². The highest BCUT2D eigenvalue weighted by molar-refractivity contribution is 5.86. The second kappa shape index (κ2) is 10.3. The average Bonchev–Trinajstić information content (AvgIpc) is 3.52. The van der Waals surface area contributed by atoms with E-state index in [4.69, 9.17) is 9.15 Å². The summed E-state index contributed by atoms with van der Waals surface area (Å²) in [6.45, 7) is 2.30. The van der Waals surface area contributed by atoms with Crippen molar-refractivity contribution in [2.24, 2.45) is 0 Å². The lowest BCUT2D eigenvalue weighted by molar-refractivity contribution is 0.299. The van der Waals surface area contributed by atoms with Gasteiger partial charge in [-0.1, -0.05) is 48.9 Å². The Kier molecular flexibility index (Phi) is 6.61. The summed E-state index contributed by atoms with van der Waals surface area (Å²) in [6, 6.07) is 22.8. The first-order chi connectivity index (χ1) is 16.7. The Morgan fingerprint density at radius 3 is 2.53 bits per heavy atom. The van der Waals surface area contributed by atoms with E-state index in [9.17, 15) is 0 Å². The summed E-state index contributed by atoms with van der Waals surface area (Å²) in [5.41, 5.74) is 3.09. The van der Waals surface area contributed by atoms with Crippen LogP contribution in [0.2, 0.25) is 0 Å². The maximum absolute atomic E-state index is 5.99. The maximum Gasteiger partial charge on any atom is 0.226 e. The zero-order chi connectivity index (χ0) is 23.2. The van der Waals surface area contributed by atoms with E-state index in [-0.39, 0.29) is 0 Å². The van der Waals surface area contributed by atoms with Crippen LogP contribution in [-0.2, 0) is 19.4 Å². The van der Waals surface area contributed by atoms with Gasteiger partial charge in [-0.2, -0.15) is 0 Å². The van der Waals surface area contributed by atoms with Crippen molar-refractivity contribution in [2.45, 2.75) is 45.6 Å². The predicted octanol–water partition coefficient (Wildman–Crippen LogP) is 5.85. The van der Waals surface area contributed by atoms with Gasteiger partial charge in [-0.25, -0.2) is 10.1 Å². The molecule has 0 saturated carbocycles. The molecule has 2 aromatic heterocycles. The molecule has 3 aromatic carbocycles. The van der Waals surface area contributed by atoms with E-state index in [1.54, 1.807) is 0 Å². The Hall–Kier alpha value is -4.00. The topological polar surface area (TPSA) is 89.7 Å². The Morgan fingerprint density at radius 2 is 1.71 bits per heavy atom. The smallest absolute Gasteiger partial charge is 0.226 e. The maximum atomic E-state index is 5.99. The molecule has 34 heavy (non-hydrogen) atoms. The number of nitrogens with zero attached hydrogens (tertiary/aromatic N) is 4. The lowest BCUT2D eigenvalue weighted by Gasteiger charge is -2.06. The van der Waals surface area contributed by atoms with Crippen molar-refractivity contribution >= 4 is 10.8 Å². The minimum Gasteiger partial charge on any atom is -0.487 e. The summed E-state index contributed by atoms with van der Waals surface area (Å²) in [4.78, 5) is 4.69. The molecular weight excluding hydrogens is 426 g/mol. The van der Waals surface area contributed by atoms with Crippen LogP contribution in [0, 0.1) is 6.92 Å². The Bertz CT molecular complexity index is 1340.